The molecule has 2 bridgehead atoms. The average molecular weight is 352 g/mol. The van der Waals surface area contributed by atoms with E-state index in [0.717, 1.165) is 23.1 Å². The van der Waals surface area contributed by atoms with Crippen LogP contribution in [-0.4, -0.2) is 40.8 Å². The molecule has 2 aromatic rings. The van der Waals surface area contributed by atoms with Crippen molar-refractivity contribution in [1.29, 1.82) is 0 Å². The van der Waals surface area contributed by atoms with Gasteiger partial charge in [0, 0.05) is 42.5 Å². The number of fused-ring (bicyclic) bond motifs is 2. The molecule has 3 atom stereocenters. The maximum Gasteiger partial charge on any atom is 0.409 e. The van der Waals surface area contributed by atoms with Crippen molar-refractivity contribution in [3.8, 4) is 11.1 Å². The van der Waals surface area contributed by atoms with Gasteiger partial charge in [0.2, 0.25) is 0 Å². The Morgan fingerprint density at radius 3 is 2.85 bits per heavy atom. The number of benzene rings is 1. The highest BCUT2D eigenvalue weighted by atomic mass is 16.6. The van der Waals surface area contributed by atoms with Crippen molar-refractivity contribution in [1.82, 2.24) is 9.88 Å². The van der Waals surface area contributed by atoms with Gasteiger partial charge in [-0.05, 0) is 37.3 Å². The average Bonchev–Trinajstić information content (AvgIpc) is 2.92. The summed E-state index contributed by atoms with van der Waals surface area (Å²) in [5.41, 5.74) is 1.99. The van der Waals surface area contributed by atoms with E-state index >= 15 is 0 Å². The van der Waals surface area contributed by atoms with Crippen LogP contribution < -0.4 is 0 Å². The van der Waals surface area contributed by atoms with E-state index in [0.29, 0.717) is 32.0 Å². The maximum absolute atomic E-state index is 12.1. The highest BCUT2D eigenvalue weighted by Crippen LogP contribution is 2.50. The molecule has 3 unspecified atom stereocenters. The Balaban J connectivity index is 1.61. The van der Waals surface area contributed by atoms with E-state index in [2.05, 4.69) is 4.98 Å². The number of ether oxygens (including phenoxy) is 1. The number of hydrogen-bond donors (Lipinski definition) is 1. The molecule has 1 amide bonds. The lowest BCUT2D eigenvalue weighted by Crippen LogP contribution is -2.44. The fraction of sp³-hybridized carbons (Fsp3) is 0.429. The molecule has 136 valence electrons. The van der Waals surface area contributed by atoms with Gasteiger partial charge >= 0.3 is 6.09 Å². The first-order valence-electron chi connectivity index (χ1n) is 9.25. The van der Waals surface area contributed by atoms with Gasteiger partial charge in [-0.2, -0.15) is 0 Å². The van der Waals surface area contributed by atoms with Gasteiger partial charge in [-0.15, -0.1) is 0 Å². The molecular formula is C21H24N2O3. The number of carbonyl (C=O) groups is 1. The van der Waals surface area contributed by atoms with Crippen molar-refractivity contribution in [2.45, 2.75) is 25.4 Å². The normalized spacial score (nSPS) is 27.4. The Morgan fingerprint density at radius 1 is 1.27 bits per heavy atom. The van der Waals surface area contributed by atoms with E-state index < -0.39 is 5.60 Å². The number of pyridine rings is 1. The molecule has 26 heavy (non-hydrogen) atoms. The molecule has 0 spiro atoms. The third-order valence-electron chi connectivity index (χ3n) is 5.68. The minimum Gasteiger partial charge on any atom is -0.450 e. The monoisotopic (exact) mass is 352 g/mol. The predicted molar refractivity (Wildman–Crippen MR) is 98.4 cm³/mol. The number of likely N-dealkylation sites (tertiary alicyclic amines) is 1. The number of rotatable bonds is 3. The summed E-state index contributed by atoms with van der Waals surface area (Å²) in [5.74, 6) is 0.307. The van der Waals surface area contributed by atoms with E-state index in [-0.39, 0.29) is 12.0 Å². The van der Waals surface area contributed by atoms with E-state index in [4.69, 9.17) is 4.74 Å². The van der Waals surface area contributed by atoms with E-state index in [1.165, 1.54) is 0 Å². The number of hydrogen-bond acceptors (Lipinski definition) is 4. The second-order valence-corrected chi connectivity index (χ2v) is 7.36. The van der Waals surface area contributed by atoms with E-state index in [9.17, 15) is 9.90 Å². The zero-order valence-corrected chi connectivity index (χ0v) is 15.0. The number of aromatic nitrogens is 1. The molecule has 2 aliphatic rings. The maximum atomic E-state index is 12.1. The van der Waals surface area contributed by atoms with Crippen LogP contribution in [0.2, 0.25) is 0 Å². The van der Waals surface area contributed by atoms with Crippen LogP contribution in [0.3, 0.4) is 0 Å². The quantitative estimate of drug-likeness (QED) is 0.919. The molecule has 5 heteroatoms. The minimum atomic E-state index is -0.941. The van der Waals surface area contributed by atoms with Crippen LogP contribution in [0.5, 0.6) is 0 Å². The SMILES string of the molecule is CCOC(=O)N1CC2CC(C1)C(O)(c1cncc(-c3ccccc3)c1)C2. The van der Waals surface area contributed by atoms with Crippen molar-refractivity contribution in [2.75, 3.05) is 19.7 Å². The molecule has 2 heterocycles. The summed E-state index contributed by atoms with van der Waals surface area (Å²) in [6.07, 6.45) is 4.91. The minimum absolute atomic E-state index is 0.0125. The molecule has 1 saturated carbocycles. The van der Waals surface area contributed by atoms with E-state index in [1.54, 1.807) is 11.1 Å². The first kappa shape index (κ1) is 17.0. The van der Waals surface area contributed by atoms with Crippen molar-refractivity contribution in [3.63, 3.8) is 0 Å². The lowest BCUT2D eigenvalue weighted by molar-refractivity contribution is -0.0102. The number of piperidine rings is 1. The molecular weight excluding hydrogens is 328 g/mol. The van der Waals surface area contributed by atoms with Gasteiger partial charge in [0.25, 0.3) is 0 Å². The molecule has 4 rings (SSSR count). The van der Waals surface area contributed by atoms with E-state index in [1.807, 2.05) is 49.5 Å². The topological polar surface area (TPSA) is 62.7 Å². The van der Waals surface area contributed by atoms with Crippen molar-refractivity contribution >= 4 is 6.09 Å². The van der Waals surface area contributed by atoms with Crippen molar-refractivity contribution in [2.24, 2.45) is 11.8 Å². The lowest BCUT2D eigenvalue weighted by atomic mass is 9.83. The highest BCUT2D eigenvalue weighted by Gasteiger charge is 2.52. The number of carbonyl (C=O) groups excluding carboxylic acids is 1. The lowest BCUT2D eigenvalue weighted by Gasteiger charge is -2.34. The summed E-state index contributed by atoms with van der Waals surface area (Å²) in [5, 5.41) is 11.5. The summed E-state index contributed by atoms with van der Waals surface area (Å²) >= 11 is 0. The second kappa shape index (κ2) is 6.72. The van der Waals surface area contributed by atoms with Gasteiger partial charge in [0.1, 0.15) is 0 Å². The van der Waals surface area contributed by atoms with Crippen LogP contribution >= 0.6 is 0 Å². The zero-order valence-electron chi connectivity index (χ0n) is 15.0. The smallest absolute Gasteiger partial charge is 0.409 e. The summed E-state index contributed by atoms with van der Waals surface area (Å²) in [7, 11) is 0. The van der Waals surface area contributed by atoms with Crippen LogP contribution in [0.4, 0.5) is 4.79 Å². The first-order valence-corrected chi connectivity index (χ1v) is 9.25. The van der Waals surface area contributed by atoms with Gasteiger partial charge < -0.3 is 14.7 Å². The number of amides is 1. The largest absolute Gasteiger partial charge is 0.450 e. The number of nitrogens with zero attached hydrogens (tertiary/aromatic N) is 2. The molecule has 5 nitrogen and oxygen atoms in total. The zero-order chi connectivity index (χ0) is 18.1. The van der Waals surface area contributed by atoms with Crippen molar-refractivity contribution in [3.05, 3.63) is 54.4 Å². The van der Waals surface area contributed by atoms with Crippen LogP contribution in [0.25, 0.3) is 11.1 Å². The summed E-state index contributed by atoms with van der Waals surface area (Å²) < 4.78 is 5.15. The van der Waals surface area contributed by atoms with Crippen LogP contribution in [0, 0.1) is 11.8 Å². The molecule has 1 aromatic carbocycles. The Hall–Kier alpha value is -2.40. The molecule has 1 N–H and O–H groups in total. The fourth-order valence-corrected chi connectivity index (χ4v) is 4.49. The summed E-state index contributed by atoms with van der Waals surface area (Å²) in [6, 6.07) is 12.1. The van der Waals surface area contributed by atoms with Crippen LogP contribution in [-0.2, 0) is 10.3 Å². The van der Waals surface area contributed by atoms with Gasteiger partial charge in [-0.3, -0.25) is 4.98 Å². The van der Waals surface area contributed by atoms with Gasteiger partial charge in [0.15, 0.2) is 0 Å². The first-order chi connectivity index (χ1) is 12.6. The van der Waals surface area contributed by atoms with Crippen LogP contribution in [0.15, 0.2) is 48.8 Å². The predicted octanol–water partition coefficient (Wildman–Crippen LogP) is 3.43. The summed E-state index contributed by atoms with van der Waals surface area (Å²) in [4.78, 5) is 18.2. The fourth-order valence-electron chi connectivity index (χ4n) is 4.49. The molecule has 1 aliphatic carbocycles. The Bertz CT molecular complexity index is 795. The molecule has 1 saturated heterocycles. The van der Waals surface area contributed by atoms with Gasteiger partial charge in [-0.1, -0.05) is 30.3 Å². The molecule has 2 fully saturated rings. The van der Waals surface area contributed by atoms with Gasteiger partial charge in [0.05, 0.1) is 12.2 Å². The summed E-state index contributed by atoms with van der Waals surface area (Å²) in [6.45, 7) is 3.37. The standard InChI is InChI=1S/C21H24N2O3/c1-2-26-20(24)23-13-15-8-19(14-23)21(25,10-15)18-9-17(11-22-12-18)16-6-4-3-5-7-16/h3-7,9,11-12,15,19,25H,2,8,10,13-14H2,1H3. The highest BCUT2D eigenvalue weighted by molar-refractivity contribution is 5.68. The van der Waals surface area contributed by atoms with Crippen molar-refractivity contribution < 1.29 is 14.6 Å². The Morgan fingerprint density at radius 2 is 2.08 bits per heavy atom. The number of aliphatic hydroxyl groups is 1. The van der Waals surface area contributed by atoms with Gasteiger partial charge in [-0.25, -0.2) is 4.79 Å². The third-order valence-corrected chi connectivity index (χ3v) is 5.68. The molecule has 1 aromatic heterocycles. The third kappa shape index (κ3) is 2.97. The Labute approximate surface area is 153 Å². The Kier molecular flexibility index (Phi) is 4.41. The molecule has 1 aliphatic heterocycles. The van der Waals surface area contributed by atoms with Crippen LogP contribution in [0.1, 0.15) is 25.3 Å². The molecule has 0 radical (unpaired) electrons. The second-order valence-electron chi connectivity index (χ2n) is 7.36.